The molecule has 1 N–H and O–H groups in total. The summed E-state index contributed by atoms with van der Waals surface area (Å²) < 4.78 is 31.4. The van der Waals surface area contributed by atoms with Gasteiger partial charge in [0.1, 0.15) is 5.75 Å². The van der Waals surface area contributed by atoms with Crippen molar-refractivity contribution in [2.45, 2.75) is 57.3 Å². The molecule has 0 spiro atoms. The Kier molecular flexibility index (Phi) is 7.02. The SMILES string of the molecule is CCS(=O)(=O)C(Oc1ccc(C(=O)N2CCCC3CCCC=C32)cc1)C1CCNCC1. The lowest BCUT2D eigenvalue weighted by Crippen LogP contribution is -2.42. The highest BCUT2D eigenvalue weighted by atomic mass is 32.2. The van der Waals surface area contributed by atoms with Crippen molar-refractivity contribution in [3.8, 4) is 5.75 Å². The van der Waals surface area contributed by atoms with Gasteiger partial charge < -0.3 is 15.0 Å². The highest BCUT2D eigenvalue weighted by Crippen LogP contribution is 2.36. The maximum Gasteiger partial charge on any atom is 0.258 e. The third-order valence-electron chi connectivity index (χ3n) is 6.90. The van der Waals surface area contributed by atoms with E-state index >= 15 is 0 Å². The molecule has 2 unspecified atom stereocenters. The normalized spacial score (nSPS) is 23.6. The number of piperidine rings is 2. The summed E-state index contributed by atoms with van der Waals surface area (Å²) in [6.45, 7) is 4.06. The molecule has 6 nitrogen and oxygen atoms in total. The van der Waals surface area contributed by atoms with Crippen LogP contribution in [0.2, 0.25) is 0 Å². The summed E-state index contributed by atoms with van der Waals surface area (Å²) in [6, 6.07) is 7.01. The molecule has 2 heterocycles. The van der Waals surface area contributed by atoms with Crippen LogP contribution in [0.4, 0.5) is 0 Å². The minimum absolute atomic E-state index is 0.0176. The zero-order valence-corrected chi connectivity index (χ0v) is 19.2. The Morgan fingerprint density at radius 3 is 2.55 bits per heavy atom. The van der Waals surface area contributed by atoms with Crippen LogP contribution in [0, 0.1) is 11.8 Å². The summed E-state index contributed by atoms with van der Waals surface area (Å²) in [5.41, 5.74) is 0.982. The molecule has 0 bridgehead atoms. The Balaban J connectivity index is 1.49. The maximum absolute atomic E-state index is 13.2. The topological polar surface area (TPSA) is 75.7 Å². The van der Waals surface area contributed by atoms with Crippen LogP contribution in [0.5, 0.6) is 5.75 Å². The number of nitrogens with zero attached hydrogens (tertiary/aromatic N) is 1. The van der Waals surface area contributed by atoms with Gasteiger partial charge in [-0.05, 0) is 88.2 Å². The Labute approximate surface area is 186 Å². The molecule has 170 valence electrons. The number of benzene rings is 1. The fourth-order valence-electron chi connectivity index (χ4n) is 5.10. The standard InChI is InChI=1S/C24H34N2O4S/c1-2-31(28,29)24(20-13-15-25-16-14-20)30-21-11-9-19(10-12-21)23(27)26-17-5-7-18-6-3-4-8-22(18)26/h8-12,18,20,24-25H,2-7,13-17H2,1H3. The van der Waals surface area contributed by atoms with Crippen LogP contribution in [0.25, 0.3) is 0 Å². The molecule has 1 amide bonds. The predicted octanol–water partition coefficient (Wildman–Crippen LogP) is 3.75. The lowest BCUT2D eigenvalue weighted by molar-refractivity contribution is 0.0748. The molecule has 1 aromatic carbocycles. The fourth-order valence-corrected chi connectivity index (χ4v) is 6.55. The summed E-state index contributed by atoms with van der Waals surface area (Å²) in [5.74, 6) is 1.09. The van der Waals surface area contributed by atoms with Gasteiger partial charge in [-0.25, -0.2) is 8.42 Å². The van der Waals surface area contributed by atoms with Crippen LogP contribution in [0.15, 0.2) is 36.0 Å². The van der Waals surface area contributed by atoms with Gasteiger partial charge in [-0.1, -0.05) is 13.0 Å². The number of hydrogen-bond acceptors (Lipinski definition) is 5. The van der Waals surface area contributed by atoms with Gasteiger partial charge in [-0.3, -0.25) is 4.79 Å². The minimum atomic E-state index is -3.35. The van der Waals surface area contributed by atoms with Crippen molar-refractivity contribution in [1.29, 1.82) is 0 Å². The first-order valence-electron chi connectivity index (χ1n) is 11.7. The van der Waals surface area contributed by atoms with Crippen molar-refractivity contribution in [2.75, 3.05) is 25.4 Å². The molecule has 1 aromatic rings. The number of rotatable bonds is 6. The van der Waals surface area contributed by atoms with Gasteiger partial charge >= 0.3 is 0 Å². The van der Waals surface area contributed by atoms with Crippen LogP contribution in [0.3, 0.4) is 0 Å². The first-order chi connectivity index (χ1) is 15.0. The van der Waals surface area contributed by atoms with E-state index in [0.717, 1.165) is 45.3 Å². The number of likely N-dealkylation sites (tertiary alicyclic amines) is 1. The van der Waals surface area contributed by atoms with Crippen molar-refractivity contribution in [1.82, 2.24) is 10.2 Å². The van der Waals surface area contributed by atoms with Crippen molar-refractivity contribution >= 4 is 15.7 Å². The van der Waals surface area contributed by atoms with Crippen LogP contribution in [-0.4, -0.2) is 50.0 Å². The van der Waals surface area contributed by atoms with Crippen molar-refractivity contribution in [3.05, 3.63) is 41.6 Å². The molecule has 0 saturated carbocycles. The maximum atomic E-state index is 13.2. The molecule has 0 aromatic heterocycles. The number of sulfone groups is 1. The number of ether oxygens (including phenoxy) is 1. The summed E-state index contributed by atoms with van der Waals surface area (Å²) in [7, 11) is -3.35. The predicted molar refractivity (Wildman–Crippen MR) is 122 cm³/mol. The Hall–Kier alpha value is -1.86. The van der Waals surface area contributed by atoms with Gasteiger partial charge in [0.25, 0.3) is 5.91 Å². The molecule has 4 rings (SSSR count). The van der Waals surface area contributed by atoms with Gasteiger partial charge in [0.2, 0.25) is 5.44 Å². The second-order valence-corrected chi connectivity index (χ2v) is 11.3. The summed E-state index contributed by atoms with van der Waals surface area (Å²) >= 11 is 0. The second kappa shape index (κ2) is 9.74. The van der Waals surface area contributed by atoms with Crippen molar-refractivity contribution < 1.29 is 17.9 Å². The molecular weight excluding hydrogens is 412 g/mol. The van der Waals surface area contributed by atoms with Gasteiger partial charge in [0.15, 0.2) is 9.84 Å². The van der Waals surface area contributed by atoms with E-state index in [0.29, 0.717) is 17.2 Å². The lowest BCUT2D eigenvalue weighted by atomic mass is 9.84. The second-order valence-electron chi connectivity index (χ2n) is 8.91. The molecule has 0 radical (unpaired) electrons. The molecule has 2 saturated heterocycles. The highest BCUT2D eigenvalue weighted by molar-refractivity contribution is 7.91. The zero-order chi connectivity index (χ0) is 21.8. The Morgan fingerprint density at radius 2 is 1.84 bits per heavy atom. The fraction of sp³-hybridized carbons (Fsp3) is 0.625. The first-order valence-corrected chi connectivity index (χ1v) is 13.4. The molecule has 7 heteroatoms. The quantitative estimate of drug-likeness (QED) is 0.720. The monoisotopic (exact) mass is 446 g/mol. The smallest absolute Gasteiger partial charge is 0.258 e. The number of nitrogens with one attached hydrogen (secondary N) is 1. The van der Waals surface area contributed by atoms with Crippen molar-refractivity contribution in [3.63, 3.8) is 0 Å². The van der Waals surface area contributed by atoms with E-state index in [2.05, 4.69) is 11.4 Å². The van der Waals surface area contributed by atoms with E-state index in [4.69, 9.17) is 4.74 Å². The van der Waals surface area contributed by atoms with Crippen LogP contribution in [0.1, 0.15) is 62.2 Å². The highest BCUT2D eigenvalue weighted by Gasteiger charge is 2.35. The van der Waals surface area contributed by atoms with E-state index in [1.54, 1.807) is 31.2 Å². The van der Waals surface area contributed by atoms with Gasteiger partial charge in [-0.15, -0.1) is 0 Å². The molecule has 2 atom stereocenters. The summed E-state index contributed by atoms with van der Waals surface area (Å²) in [6.07, 6.45) is 9.45. The van der Waals surface area contributed by atoms with E-state index in [-0.39, 0.29) is 17.6 Å². The number of allylic oxidation sites excluding steroid dienone is 2. The lowest BCUT2D eigenvalue weighted by Gasteiger charge is -2.38. The largest absolute Gasteiger partial charge is 0.474 e. The molecule has 3 aliphatic rings. The number of carbonyl (C=O) groups is 1. The molecule has 1 aliphatic carbocycles. The molecule has 2 fully saturated rings. The number of fused-ring (bicyclic) bond motifs is 1. The van der Waals surface area contributed by atoms with E-state index in [1.165, 1.54) is 25.0 Å². The molecule has 2 aliphatic heterocycles. The van der Waals surface area contributed by atoms with E-state index < -0.39 is 15.3 Å². The van der Waals surface area contributed by atoms with Gasteiger partial charge in [0, 0.05) is 23.7 Å². The summed E-state index contributed by atoms with van der Waals surface area (Å²) in [5, 5.41) is 3.28. The van der Waals surface area contributed by atoms with E-state index in [1.807, 2.05) is 4.90 Å². The Bertz CT molecular complexity index is 904. The number of amides is 1. The van der Waals surface area contributed by atoms with Gasteiger partial charge in [-0.2, -0.15) is 0 Å². The first kappa shape index (κ1) is 22.3. The van der Waals surface area contributed by atoms with Crippen LogP contribution < -0.4 is 10.1 Å². The van der Waals surface area contributed by atoms with Crippen molar-refractivity contribution in [2.24, 2.45) is 11.8 Å². The summed E-state index contributed by atoms with van der Waals surface area (Å²) in [4.78, 5) is 15.1. The van der Waals surface area contributed by atoms with E-state index in [9.17, 15) is 13.2 Å². The third kappa shape index (κ3) is 4.98. The molecule has 31 heavy (non-hydrogen) atoms. The average Bonchev–Trinajstić information content (AvgIpc) is 2.82. The Morgan fingerprint density at radius 1 is 1.13 bits per heavy atom. The van der Waals surface area contributed by atoms with Crippen LogP contribution >= 0.6 is 0 Å². The minimum Gasteiger partial charge on any atom is -0.474 e. The molecular formula is C24H34N2O4S. The van der Waals surface area contributed by atoms with Crippen LogP contribution in [-0.2, 0) is 9.84 Å². The third-order valence-corrected chi connectivity index (χ3v) is 8.89. The van der Waals surface area contributed by atoms with Gasteiger partial charge in [0.05, 0.1) is 5.75 Å². The zero-order valence-electron chi connectivity index (χ0n) is 18.4. The number of hydrogen-bond donors (Lipinski definition) is 1. The number of carbonyl (C=O) groups excluding carboxylic acids is 1. The average molecular weight is 447 g/mol.